The number of anilines is 2. The van der Waals surface area contributed by atoms with Gasteiger partial charge in [-0.25, -0.2) is 9.97 Å². The van der Waals surface area contributed by atoms with Crippen LogP contribution < -0.4 is 11.1 Å². The van der Waals surface area contributed by atoms with E-state index in [-0.39, 0.29) is 6.61 Å². The molecule has 1 unspecified atom stereocenters. The Labute approximate surface area is 83.4 Å². The van der Waals surface area contributed by atoms with Crippen LogP contribution in [-0.4, -0.2) is 28.2 Å². The summed E-state index contributed by atoms with van der Waals surface area (Å²) in [5, 5.41) is 11.8. The van der Waals surface area contributed by atoms with Crippen molar-refractivity contribution >= 4 is 11.5 Å². The molecular formula is C9H16N4O. The lowest BCUT2D eigenvalue weighted by molar-refractivity contribution is 0.266. The van der Waals surface area contributed by atoms with E-state index in [0.29, 0.717) is 17.4 Å². The van der Waals surface area contributed by atoms with E-state index >= 15 is 0 Å². The normalized spacial score (nSPS) is 12.4. The monoisotopic (exact) mass is 196 g/mol. The molecule has 0 aliphatic rings. The first-order chi connectivity index (χ1) is 6.74. The molecule has 0 aromatic carbocycles. The molecule has 1 heterocycles. The van der Waals surface area contributed by atoms with Crippen LogP contribution >= 0.6 is 0 Å². The molecule has 14 heavy (non-hydrogen) atoms. The summed E-state index contributed by atoms with van der Waals surface area (Å²) in [5.74, 6) is 1.05. The fourth-order valence-corrected chi connectivity index (χ4v) is 1.08. The van der Waals surface area contributed by atoms with Gasteiger partial charge in [0.25, 0.3) is 0 Å². The predicted octanol–water partition coefficient (Wildman–Crippen LogP) is 0.489. The molecule has 0 saturated heterocycles. The number of aromatic nitrogens is 2. The number of nitrogens with one attached hydrogen (secondary N) is 1. The van der Waals surface area contributed by atoms with E-state index in [1.54, 1.807) is 6.20 Å². The highest BCUT2D eigenvalue weighted by Crippen LogP contribution is 2.12. The van der Waals surface area contributed by atoms with Gasteiger partial charge in [0, 0.05) is 13.2 Å². The van der Waals surface area contributed by atoms with E-state index in [9.17, 15) is 0 Å². The highest BCUT2D eigenvalue weighted by atomic mass is 16.3. The Hall–Kier alpha value is -1.36. The Morgan fingerprint density at radius 2 is 2.43 bits per heavy atom. The van der Waals surface area contributed by atoms with Crippen LogP contribution in [0.4, 0.5) is 11.5 Å². The molecule has 0 aliphatic heterocycles. The van der Waals surface area contributed by atoms with Gasteiger partial charge in [0.2, 0.25) is 0 Å². The van der Waals surface area contributed by atoms with Gasteiger partial charge in [-0.2, -0.15) is 0 Å². The van der Waals surface area contributed by atoms with Gasteiger partial charge < -0.3 is 16.2 Å². The molecule has 0 spiro atoms. The molecule has 0 radical (unpaired) electrons. The first-order valence-electron chi connectivity index (χ1n) is 4.64. The maximum Gasteiger partial charge on any atom is 0.152 e. The lowest BCUT2D eigenvalue weighted by Crippen LogP contribution is -2.14. The molecule has 0 amide bonds. The highest BCUT2D eigenvalue weighted by Gasteiger charge is 2.03. The summed E-state index contributed by atoms with van der Waals surface area (Å²) in [7, 11) is 0. The Balaban J connectivity index is 2.41. The number of hydrogen-bond acceptors (Lipinski definition) is 5. The van der Waals surface area contributed by atoms with Crippen molar-refractivity contribution in [2.45, 2.75) is 13.3 Å². The second-order valence-corrected chi connectivity index (χ2v) is 3.33. The van der Waals surface area contributed by atoms with Gasteiger partial charge in [-0.3, -0.25) is 0 Å². The fourth-order valence-electron chi connectivity index (χ4n) is 1.08. The van der Waals surface area contributed by atoms with Crippen LogP contribution in [0.3, 0.4) is 0 Å². The van der Waals surface area contributed by atoms with Crippen LogP contribution in [0.25, 0.3) is 0 Å². The van der Waals surface area contributed by atoms with E-state index in [1.807, 2.05) is 0 Å². The van der Waals surface area contributed by atoms with Crippen LogP contribution in [0.2, 0.25) is 0 Å². The van der Waals surface area contributed by atoms with Crippen LogP contribution in [0.15, 0.2) is 12.5 Å². The van der Waals surface area contributed by atoms with Gasteiger partial charge in [-0.15, -0.1) is 0 Å². The highest BCUT2D eigenvalue weighted by molar-refractivity contribution is 5.58. The molecule has 1 aromatic rings. The minimum atomic E-state index is 0.210. The van der Waals surface area contributed by atoms with Gasteiger partial charge in [0.05, 0.1) is 11.9 Å². The summed E-state index contributed by atoms with van der Waals surface area (Å²) in [6.07, 6.45) is 3.79. The third-order valence-electron chi connectivity index (χ3n) is 1.98. The van der Waals surface area contributed by atoms with Gasteiger partial charge in [-0.1, -0.05) is 6.92 Å². The molecule has 1 rings (SSSR count). The summed E-state index contributed by atoms with van der Waals surface area (Å²) < 4.78 is 0. The number of nitrogen functional groups attached to an aromatic ring is 1. The molecule has 5 heteroatoms. The zero-order chi connectivity index (χ0) is 10.4. The van der Waals surface area contributed by atoms with E-state index in [2.05, 4.69) is 22.2 Å². The molecule has 1 atom stereocenters. The molecule has 0 fully saturated rings. The van der Waals surface area contributed by atoms with Crippen molar-refractivity contribution in [2.24, 2.45) is 5.92 Å². The molecule has 78 valence electrons. The Morgan fingerprint density at radius 3 is 3.07 bits per heavy atom. The van der Waals surface area contributed by atoms with Crippen LogP contribution in [0, 0.1) is 5.92 Å². The quantitative estimate of drug-likeness (QED) is 0.638. The third-order valence-corrected chi connectivity index (χ3v) is 1.98. The number of rotatable bonds is 5. The molecule has 0 saturated carbocycles. The van der Waals surface area contributed by atoms with E-state index in [1.165, 1.54) is 6.33 Å². The minimum Gasteiger partial charge on any atom is -0.396 e. The van der Waals surface area contributed by atoms with Crippen molar-refractivity contribution in [3.05, 3.63) is 12.5 Å². The topological polar surface area (TPSA) is 84.1 Å². The second kappa shape index (κ2) is 5.39. The number of nitrogens with two attached hydrogens (primary N) is 1. The SMILES string of the molecule is CC(CCO)CNc1ncncc1N. The number of nitrogens with zero attached hydrogens (tertiary/aromatic N) is 2. The van der Waals surface area contributed by atoms with Crippen molar-refractivity contribution in [2.75, 3.05) is 24.2 Å². The van der Waals surface area contributed by atoms with Crippen molar-refractivity contribution in [1.29, 1.82) is 0 Å². The zero-order valence-corrected chi connectivity index (χ0v) is 8.27. The average Bonchev–Trinajstić information content (AvgIpc) is 2.17. The summed E-state index contributed by atoms with van der Waals surface area (Å²) in [5.41, 5.74) is 6.19. The summed E-state index contributed by atoms with van der Waals surface area (Å²) in [4.78, 5) is 7.79. The average molecular weight is 196 g/mol. The fraction of sp³-hybridized carbons (Fsp3) is 0.556. The summed E-state index contributed by atoms with van der Waals surface area (Å²) >= 11 is 0. The standard InChI is InChI=1S/C9H16N4O/c1-7(2-3-14)4-12-9-8(10)5-11-6-13-9/h5-7,14H,2-4,10H2,1H3,(H,11,12,13). The lowest BCUT2D eigenvalue weighted by Gasteiger charge is -2.12. The van der Waals surface area contributed by atoms with Crippen molar-refractivity contribution in [1.82, 2.24) is 9.97 Å². The van der Waals surface area contributed by atoms with Gasteiger partial charge in [0.1, 0.15) is 6.33 Å². The maximum atomic E-state index is 8.71. The van der Waals surface area contributed by atoms with Gasteiger partial charge in [-0.05, 0) is 12.3 Å². The second-order valence-electron chi connectivity index (χ2n) is 3.33. The number of aliphatic hydroxyl groups is 1. The molecule has 5 nitrogen and oxygen atoms in total. The van der Waals surface area contributed by atoms with Crippen molar-refractivity contribution in [3.63, 3.8) is 0 Å². The van der Waals surface area contributed by atoms with E-state index in [4.69, 9.17) is 10.8 Å². The van der Waals surface area contributed by atoms with Gasteiger partial charge in [0.15, 0.2) is 5.82 Å². The molecule has 4 N–H and O–H groups in total. The van der Waals surface area contributed by atoms with Crippen LogP contribution in [0.1, 0.15) is 13.3 Å². The molecule has 0 aliphatic carbocycles. The molecule has 0 bridgehead atoms. The van der Waals surface area contributed by atoms with E-state index < -0.39 is 0 Å². The smallest absolute Gasteiger partial charge is 0.152 e. The summed E-state index contributed by atoms with van der Waals surface area (Å²) in [6.45, 7) is 3.02. The predicted molar refractivity (Wildman–Crippen MR) is 55.8 cm³/mol. The van der Waals surface area contributed by atoms with Crippen molar-refractivity contribution in [3.8, 4) is 0 Å². The maximum absolute atomic E-state index is 8.71. The number of hydrogen-bond donors (Lipinski definition) is 3. The Bertz CT molecular complexity index is 279. The lowest BCUT2D eigenvalue weighted by atomic mass is 10.1. The number of aliphatic hydroxyl groups excluding tert-OH is 1. The first-order valence-corrected chi connectivity index (χ1v) is 4.64. The van der Waals surface area contributed by atoms with Gasteiger partial charge >= 0.3 is 0 Å². The molecule has 1 aromatic heterocycles. The van der Waals surface area contributed by atoms with Crippen LogP contribution in [0.5, 0.6) is 0 Å². The zero-order valence-electron chi connectivity index (χ0n) is 8.27. The first kappa shape index (κ1) is 10.7. The largest absolute Gasteiger partial charge is 0.396 e. The van der Waals surface area contributed by atoms with Crippen molar-refractivity contribution < 1.29 is 5.11 Å². The molecular weight excluding hydrogens is 180 g/mol. The Morgan fingerprint density at radius 1 is 1.64 bits per heavy atom. The Kier molecular flexibility index (Phi) is 4.12. The third kappa shape index (κ3) is 3.18. The summed E-state index contributed by atoms with van der Waals surface area (Å²) in [6, 6.07) is 0. The van der Waals surface area contributed by atoms with Crippen LogP contribution in [-0.2, 0) is 0 Å². The minimum absolute atomic E-state index is 0.210. The van der Waals surface area contributed by atoms with E-state index in [0.717, 1.165) is 13.0 Å².